The predicted molar refractivity (Wildman–Crippen MR) is 56.3 cm³/mol. The summed E-state index contributed by atoms with van der Waals surface area (Å²) < 4.78 is 0. The highest BCUT2D eigenvalue weighted by Crippen LogP contribution is 2.52. The minimum Gasteiger partial charge on any atom is -0.341 e. The van der Waals surface area contributed by atoms with E-state index in [4.69, 9.17) is 12.2 Å². The molecule has 0 unspecified atom stereocenters. The zero-order valence-electron chi connectivity index (χ0n) is 9.22. The molecule has 3 nitrogen and oxygen atoms in total. The van der Waals surface area contributed by atoms with Crippen molar-refractivity contribution < 1.29 is 4.79 Å². The van der Waals surface area contributed by atoms with Gasteiger partial charge in [0.2, 0.25) is 0 Å². The molecule has 0 bridgehead atoms. The molecule has 78 valence electrons. The molecule has 1 aliphatic rings. The quantitative estimate of drug-likeness (QED) is 0.597. The first-order valence-corrected chi connectivity index (χ1v) is 4.77. The normalized spacial score (nSPS) is 32.6. The summed E-state index contributed by atoms with van der Waals surface area (Å²) in [6.07, 6.45) is 5.02. The molecule has 0 radical (unpaired) electrons. The van der Waals surface area contributed by atoms with E-state index < -0.39 is 0 Å². The van der Waals surface area contributed by atoms with E-state index in [2.05, 4.69) is 11.2 Å². The number of terminal acetylenes is 1. The molecule has 3 heteroatoms. The van der Waals surface area contributed by atoms with Gasteiger partial charge in [-0.3, -0.25) is 4.79 Å². The maximum atomic E-state index is 11.1. The average molecular weight is 194 g/mol. The maximum Gasteiger partial charge on any atom is 0.295 e. The van der Waals surface area contributed by atoms with Crippen LogP contribution in [-0.4, -0.2) is 18.0 Å². The van der Waals surface area contributed by atoms with E-state index in [1.165, 1.54) is 0 Å². The Bertz CT molecular complexity index is 283. The van der Waals surface area contributed by atoms with Crippen molar-refractivity contribution in [1.82, 2.24) is 5.32 Å². The fourth-order valence-corrected chi connectivity index (χ4v) is 2.73. The topological polar surface area (TPSA) is 55.1 Å². The summed E-state index contributed by atoms with van der Waals surface area (Å²) in [5, 5.41) is 2.82. The molecule has 0 spiro atoms. The Hall–Kier alpha value is -1.01. The molecule has 1 rings (SSSR count). The van der Waals surface area contributed by atoms with Crippen LogP contribution in [0.15, 0.2) is 0 Å². The van der Waals surface area contributed by atoms with Gasteiger partial charge in [0.15, 0.2) is 0 Å². The zero-order valence-corrected chi connectivity index (χ0v) is 9.22. The molecular formula is C11H18N2O. The SMILES string of the molecule is C#CC(=O)NC1C(C)(C)C(N)C1(C)C. The van der Waals surface area contributed by atoms with Crippen molar-refractivity contribution in [3.05, 3.63) is 0 Å². The van der Waals surface area contributed by atoms with E-state index in [1.807, 2.05) is 27.7 Å². The Morgan fingerprint density at radius 2 is 1.79 bits per heavy atom. The molecule has 0 aliphatic heterocycles. The Morgan fingerprint density at radius 1 is 1.36 bits per heavy atom. The van der Waals surface area contributed by atoms with Gasteiger partial charge in [0.05, 0.1) is 0 Å². The first-order valence-electron chi connectivity index (χ1n) is 4.77. The summed E-state index contributed by atoms with van der Waals surface area (Å²) in [6.45, 7) is 8.18. The minimum absolute atomic E-state index is 0.0496. The molecule has 0 atom stereocenters. The van der Waals surface area contributed by atoms with Gasteiger partial charge in [-0.15, -0.1) is 6.42 Å². The van der Waals surface area contributed by atoms with E-state index in [0.29, 0.717) is 0 Å². The van der Waals surface area contributed by atoms with E-state index in [-0.39, 0.29) is 28.8 Å². The van der Waals surface area contributed by atoms with Gasteiger partial charge in [-0.25, -0.2) is 0 Å². The molecule has 1 saturated carbocycles. The summed E-state index contributed by atoms with van der Waals surface area (Å²) in [7, 11) is 0. The van der Waals surface area contributed by atoms with Gasteiger partial charge < -0.3 is 11.1 Å². The number of amides is 1. The van der Waals surface area contributed by atoms with Crippen molar-refractivity contribution in [1.29, 1.82) is 0 Å². The molecule has 3 N–H and O–H groups in total. The third-order valence-corrected chi connectivity index (χ3v) is 3.50. The molecular weight excluding hydrogens is 176 g/mol. The van der Waals surface area contributed by atoms with Crippen LogP contribution in [0.2, 0.25) is 0 Å². The first-order chi connectivity index (χ1) is 6.24. The van der Waals surface area contributed by atoms with Gasteiger partial charge in [0.25, 0.3) is 5.91 Å². The van der Waals surface area contributed by atoms with Crippen molar-refractivity contribution in [2.75, 3.05) is 0 Å². The van der Waals surface area contributed by atoms with Gasteiger partial charge in [0, 0.05) is 22.9 Å². The summed E-state index contributed by atoms with van der Waals surface area (Å²) in [5.74, 6) is 1.71. The van der Waals surface area contributed by atoms with Crippen LogP contribution in [0.1, 0.15) is 27.7 Å². The summed E-state index contributed by atoms with van der Waals surface area (Å²) in [4.78, 5) is 11.1. The van der Waals surface area contributed by atoms with Gasteiger partial charge in [0.1, 0.15) is 0 Å². The Balaban J connectivity index is 2.80. The van der Waals surface area contributed by atoms with Gasteiger partial charge >= 0.3 is 0 Å². The number of carbonyl (C=O) groups excluding carboxylic acids is 1. The Kier molecular flexibility index (Phi) is 2.37. The van der Waals surface area contributed by atoms with Crippen LogP contribution in [0.25, 0.3) is 0 Å². The van der Waals surface area contributed by atoms with Gasteiger partial charge in [-0.1, -0.05) is 27.7 Å². The monoisotopic (exact) mass is 194 g/mol. The molecule has 1 aliphatic carbocycles. The Labute approximate surface area is 85.4 Å². The van der Waals surface area contributed by atoms with Crippen LogP contribution in [0.5, 0.6) is 0 Å². The number of hydrogen-bond donors (Lipinski definition) is 2. The van der Waals surface area contributed by atoms with Crippen LogP contribution in [0, 0.1) is 23.2 Å². The van der Waals surface area contributed by atoms with Crippen LogP contribution < -0.4 is 11.1 Å². The fraction of sp³-hybridized carbons (Fsp3) is 0.727. The standard InChI is InChI=1S/C11H18N2O/c1-6-7(14)13-9-10(2,3)8(12)11(9,4)5/h1,8-9H,12H2,2-5H3,(H,13,14). The molecule has 0 saturated heterocycles. The molecule has 1 fully saturated rings. The summed E-state index contributed by atoms with van der Waals surface area (Å²) in [6, 6.07) is 0.131. The van der Waals surface area contributed by atoms with Crippen molar-refractivity contribution in [2.24, 2.45) is 16.6 Å². The molecule has 0 heterocycles. The highest BCUT2D eigenvalue weighted by Gasteiger charge is 2.60. The van der Waals surface area contributed by atoms with Crippen LogP contribution in [0.4, 0.5) is 0 Å². The van der Waals surface area contributed by atoms with Crippen molar-refractivity contribution in [2.45, 2.75) is 39.8 Å². The largest absolute Gasteiger partial charge is 0.341 e. The second kappa shape index (κ2) is 2.99. The maximum absolute atomic E-state index is 11.1. The molecule has 0 aromatic heterocycles. The first kappa shape index (κ1) is 11.1. The number of nitrogens with one attached hydrogen (secondary N) is 1. The van der Waals surface area contributed by atoms with E-state index in [1.54, 1.807) is 0 Å². The summed E-state index contributed by atoms with van der Waals surface area (Å²) in [5.41, 5.74) is 5.86. The molecule has 1 amide bonds. The highest BCUT2D eigenvalue weighted by molar-refractivity contribution is 5.93. The van der Waals surface area contributed by atoms with Gasteiger partial charge in [-0.05, 0) is 5.92 Å². The van der Waals surface area contributed by atoms with E-state index in [0.717, 1.165) is 0 Å². The number of nitrogens with two attached hydrogens (primary N) is 1. The van der Waals surface area contributed by atoms with Gasteiger partial charge in [-0.2, -0.15) is 0 Å². The van der Waals surface area contributed by atoms with E-state index in [9.17, 15) is 4.79 Å². The Morgan fingerprint density at radius 3 is 2.14 bits per heavy atom. The third-order valence-electron chi connectivity index (χ3n) is 3.50. The minimum atomic E-state index is -0.358. The lowest BCUT2D eigenvalue weighted by Crippen LogP contribution is -2.76. The number of hydrogen-bond acceptors (Lipinski definition) is 2. The molecule has 14 heavy (non-hydrogen) atoms. The summed E-state index contributed by atoms with van der Waals surface area (Å²) >= 11 is 0. The van der Waals surface area contributed by atoms with Crippen molar-refractivity contribution >= 4 is 5.91 Å². The lowest BCUT2D eigenvalue weighted by atomic mass is 9.48. The van der Waals surface area contributed by atoms with E-state index >= 15 is 0 Å². The van der Waals surface area contributed by atoms with Crippen LogP contribution in [0.3, 0.4) is 0 Å². The highest BCUT2D eigenvalue weighted by atomic mass is 16.1. The lowest BCUT2D eigenvalue weighted by molar-refractivity contribution is -0.126. The fourth-order valence-electron chi connectivity index (χ4n) is 2.73. The lowest BCUT2D eigenvalue weighted by Gasteiger charge is -2.62. The smallest absolute Gasteiger partial charge is 0.295 e. The van der Waals surface area contributed by atoms with Crippen molar-refractivity contribution in [3.8, 4) is 12.3 Å². The molecule has 0 aromatic rings. The second-order valence-electron chi connectivity index (χ2n) is 5.17. The average Bonchev–Trinajstić information content (AvgIpc) is 2.11. The number of carbonyl (C=O) groups is 1. The predicted octanol–water partition coefficient (Wildman–Crippen LogP) is 0.498. The van der Waals surface area contributed by atoms with Crippen molar-refractivity contribution in [3.63, 3.8) is 0 Å². The van der Waals surface area contributed by atoms with Crippen LogP contribution >= 0.6 is 0 Å². The third kappa shape index (κ3) is 1.31. The zero-order chi connectivity index (χ0) is 11.1. The second-order valence-corrected chi connectivity index (χ2v) is 5.17. The van der Waals surface area contributed by atoms with Crippen LogP contribution in [-0.2, 0) is 4.79 Å². The number of rotatable bonds is 1. The molecule has 0 aromatic carbocycles.